The van der Waals surface area contributed by atoms with Crippen LogP contribution in [0.3, 0.4) is 0 Å². The van der Waals surface area contributed by atoms with E-state index in [-0.39, 0.29) is 11.8 Å². The number of rotatable bonds is 3. The number of hydrogen-bond donors (Lipinski definition) is 0. The largest absolute Gasteiger partial charge is 0.273 e. The van der Waals surface area contributed by atoms with Crippen molar-refractivity contribution in [2.75, 3.05) is 9.96 Å². The molecule has 0 saturated carbocycles. The molecule has 3 aromatic carbocycles. The molecular formula is C24H18Cl2N2O3. The van der Waals surface area contributed by atoms with E-state index in [2.05, 4.69) is 0 Å². The Morgan fingerprint density at radius 1 is 0.839 bits per heavy atom. The second kappa shape index (κ2) is 7.68. The highest BCUT2D eigenvalue weighted by molar-refractivity contribution is 6.35. The standard InChI is InChI=1S/C24H18Cl2N2O3/c1-14-7-10-16(11-8-14)27-23(29)20-21(18-12-9-15(25)13-19(18)26)28(31-22(20)24(27)30)17-5-3-2-4-6-17/h2-13,20-22H,1H3/t20-,21+,22+/m0/s1. The summed E-state index contributed by atoms with van der Waals surface area (Å²) in [6.07, 6.45) is -0.939. The van der Waals surface area contributed by atoms with Gasteiger partial charge in [-0.1, -0.05) is 65.2 Å². The summed E-state index contributed by atoms with van der Waals surface area (Å²) in [5.41, 5.74) is 2.98. The third-order valence-electron chi connectivity index (χ3n) is 5.70. The number of carbonyl (C=O) groups is 2. The van der Waals surface area contributed by atoms with Crippen LogP contribution in [0, 0.1) is 12.8 Å². The van der Waals surface area contributed by atoms with E-state index < -0.39 is 18.1 Å². The predicted octanol–water partition coefficient (Wildman–Crippen LogP) is 5.35. The lowest BCUT2D eigenvalue weighted by molar-refractivity contribution is -0.126. The molecule has 7 heteroatoms. The number of amides is 2. The van der Waals surface area contributed by atoms with Gasteiger partial charge in [0.2, 0.25) is 5.91 Å². The molecule has 3 aromatic rings. The van der Waals surface area contributed by atoms with Crippen LogP contribution in [-0.2, 0) is 14.4 Å². The van der Waals surface area contributed by atoms with Crippen molar-refractivity contribution in [3.63, 3.8) is 0 Å². The molecule has 2 aliphatic heterocycles. The van der Waals surface area contributed by atoms with Crippen molar-refractivity contribution < 1.29 is 14.4 Å². The first-order valence-electron chi connectivity index (χ1n) is 9.86. The highest BCUT2D eigenvalue weighted by Gasteiger charge is 2.60. The van der Waals surface area contributed by atoms with Crippen LogP contribution in [0.15, 0.2) is 72.8 Å². The van der Waals surface area contributed by atoms with Gasteiger partial charge in [0.25, 0.3) is 5.91 Å². The fourth-order valence-electron chi connectivity index (χ4n) is 4.22. The number of nitrogens with zero attached hydrogens (tertiary/aromatic N) is 2. The maximum Gasteiger partial charge on any atom is 0.266 e. The van der Waals surface area contributed by atoms with Crippen molar-refractivity contribution in [2.24, 2.45) is 5.92 Å². The Kier molecular flexibility index (Phi) is 4.97. The van der Waals surface area contributed by atoms with Crippen LogP contribution < -0.4 is 9.96 Å². The van der Waals surface area contributed by atoms with Crippen molar-refractivity contribution in [2.45, 2.75) is 19.1 Å². The van der Waals surface area contributed by atoms with E-state index in [1.165, 1.54) is 4.90 Å². The van der Waals surface area contributed by atoms with Crippen LogP contribution in [0.2, 0.25) is 10.0 Å². The molecule has 0 unspecified atom stereocenters. The molecule has 2 heterocycles. The van der Waals surface area contributed by atoms with Crippen LogP contribution in [-0.4, -0.2) is 17.9 Å². The average molecular weight is 453 g/mol. The van der Waals surface area contributed by atoms with E-state index in [4.69, 9.17) is 28.0 Å². The first-order chi connectivity index (χ1) is 15.0. The molecule has 0 aromatic heterocycles. The van der Waals surface area contributed by atoms with Gasteiger partial charge in [0.05, 0.1) is 17.4 Å². The van der Waals surface area contributed by atoms with Crippen molar-refractivity contribution >= 4 is 46.4 Å². The first kappa shape index (κ1) is 20.1. The van der Waals surface area contributed by atoms with E-state index in [0.717, 1.165) is 11.3 Å². The second-order valence-corrected chi connectivity index (χ2v) is 8.51. The van der Waals surface area contributed by atoms with E-state index in [1.54, 1.807) is 35.4 Å². The molecule has 0 aliphatic carbocycles. The van der Waals surface area contributed by atoms with Crippen LogP contribution in [0.1, 0.15) is 17.2 Å². The molecule has 5 nitrogen and oxygen atoms in total. The van der Waals surface area contributed by atoms with E-state index >= 15 is 0 Å². The maximum atomic E-state index is 13.6. The number of para-hydroxylation sites is 1. The molecule has 2 fully saturated rings. The Morgan fingerprint density at radius 3 is 2.23 bits per heavy atom. The van der Waals surface area contributed by atoms with Crippen molar-refractivity contribution in [1.82, 2.24) is 0 Å². The van der Waals surface area contributed by atoms with Gasteiger partial charge in [-0.3, -0.25) is 14.4 Å². The van der Waals surface area contributed by atoms with Crippen molar-refractivity contribution in [3.05, 3.63) is 94.0 Å². The predicted molar refractivity (Wildman–Crippen MR) is 120 cm³/mol. The average Bonchev–Trinajstić information content (AvgIpc) is 3.26. The summed E-state index contributed by atoms with van der Waals surface area (Å²) in [5.74, 6) is -1.44. The lowest BCUT2D eigenvalue weighted by Gasteiger charge is -2.29. The summed E-state index contributed by atoms with van der Waals surface area (Å²) in [4.78, 5) is 34.2. The molecule has 31 heavy (non-hydrogen) atoms. The molecule has 0 bridgehead atoms. The molecule has 2 aliphatic rings. The number of aryl methyl sites for hydroxylation is 1. The monoisotopic (exact) mass is 452 g/mol. The zero-order chi connectivity index (χ0) is 21.7. The van der Waals surface area contributed by atoms with Gasteiger partial charge >= 0.3 is 0 Å². The number of halogens is 2. The molecule has 2 saturated heterocycles. The molecule has 156 valence electrons. The summed E-state index contributed by atoms with van der Waals surface area (Å²) in [6, 6.07) is 21.2. The Bertz CT molecular complexity index is 1170. The number of fused-ring (bicyclic) bond motifs is 1. The van der Waals surface area contributed by atoms with Crippen LogP contribution in [0.25, 0.3) is 0 Å². The Labute approximate surface area is 189 Å². The minimum atomic E-state index is -0.939. The molecule has 3 atom stereocenters. The van der Waals surface area contributed by atoms with Gasteiger partial charge in [-0.15, -0.1) is 0 Å². The van der Waals surface area contributed by atoms with Crippen LogP contribution in [0.4, 0.5) is 11.4 Å². The fourth-order valence-corrected chi connectivity index (χ4v) is 4.74. The van der Waals surface area contributed by atoms with Crippen LogP contribution in [0.5, 0.6) is 0 Å². The van der Waals surface area contributed by atoms with Crippen molar-refractivity contribution in [1.29, 1.82) is 0 Å². The van der Waals surface area contributed by atoms with Gasteiger partial charge in [0.1, 0.15) is 5.92 Å². The molecule has 0 N–H and O–H groups in total. The Hall–Kier alpha value is -2.86. The number of hydroxylamine groups is 1. The van der Waals surface area contributed by atoms with Crippen molar-refractivity contribution in [3.8, 4) is 0 Å². The van der Waals surface area contributed by atoms with Gasteiger partial charge in [0.15, 0.2) is 6.10 Å². The molecular weight excluding hydrogens is 435 g/mol. The smallest absolute Gasteiger partial charge is 0.266 e. The quantitative estimate of drug-likeness (QED) is 0.502. The Balaban J connectivity index is 1.61. The summed E-state index contributed by atoms with van der Waals surface area (Å²) in [6.45, 7) is 1.95. The number of hydrogen-bond acceptors (Lipinski definition) is 4. The number of anilines is 2. The zero-order valence-corrected chi connectivity index (χ0v) is 18.0. The molecule has 0 spiro atoms. The summed E-state index contributed by atoms with van der Waals surface area (Å²) >= 11 is 12.6. The fraction of sp³-hybridized carbons (Fsp3) is 0.167. The lowest BCUT2D eigenvalue weighted by atomic mass is 9.90. The number of imide groups is 1. The normalized spacial score (nSPS) is 22.9. The minimum absolute atomic E-state index is 0.312. The summed E-state index contributed by atoms with van der Waals surface area (Å²) in [5, 5.41) is 2.52. The summed E-state index contributed by atoms with van der Waals surface area (Å²) < 4.78 is 0. The first-order valence-corrected chi connectivity index (χ1v) is 10.6. The minimum Gasteiger partial charge on any atom is -0.273 e. The molecule has 5 rings (SSSR count). The van der Waals surface area contributed by atoms with Crippen LogP contribution >= 0.6 is 23.2 Å². The third-order valence-corrected chi connectivity index (χ3v) is 6.26. The molecule has 2 amide bonds. The SMILES string of the molecule is Cc1ccc(N2C(=O)[C@H]3[C@@H](c4ccc(Cl)cc4Cl)N(c4ccccc4)O[C@H]3C2=O)cc1. The topological polar surface area (TPSA) is 49.9 Å². The highest BCUT2D eigenvalue weighted by atomic mass is 35.5. The zero-order valence-electron chi connectivity index (χ0n) is 16.5. The van der Waals surface area contributed by atoms with Gasteiger partial charge in [0, 0.05) is 10.0 Å². The van der Waals surface area contributed by atoms with E-state index in [1.807, 2.05) is 49.4 Å². The highest BCUT2D eigenvalue weighted by Crippen LogP contribution is 2.49. The summed E-state index contributed by atoms with van der Waals surface area (Å²) in [7, 11) is 0. The lowest BCUT2D eigenvalue weighted by Crippen LogP contribution is -2.37. The van der Waals surface area contributed by atoms with E-state index in [9.17, 15) is 9.59 Å². The van der Waals surface area contributed by atoms with Gasteiger partial charge in [-0.2, -0.15) is 0 Å². The molecule has 0 radical (unpaired) electrons. The van der Waals surface area contributed by atoms with Gasteiger partial charge in [-0.05, 0) is 48.9 Å². The van der Waals surface area contributed by atoms with Gasteiger partial charge in [-0.25, -0.2) is 9.96 Å². The number of carbonyl (C=O) groups excluding carboxylic acids is 2. The maximum absolute atomic E-state index is 13.6. The third kappa shape index (κ3) is 3.30. The second-order valence-electron chi connectivity index (χ2n) is 7.67. The Morgan fingerprint density at radius 2 is 1.55 bits per heavy atom. The number of benzene rings is 3. The van der Waals surface area contributed by atoms with E-state index in [0.29, 0.717) is 21.3 Å². The van der Waals surface area contributed by atoms with Gasteiger partial charge < -0.3 is 0 Å².